The third-order valence-electron chi connectivity index (χ3n) is 5.63. The zero-order chi connectivity index (χ0) is 22.5. The van der Waals surface area contributed by atoms with Gasteiger partial charge in [0, 0.05) is 38.2 Å². The highest BCUT2D eigenvalue weighted by Gasteiger charge is 2.20. The number of benzene rings is 3. The lowest BCUT2D eigenvalue weighted by atomic mass is 9.98. The molecular weight excluding hydrogens is 404 g/mol. The fourth-order valence-corrected chi connectivity index (χ4v) is 3.92. The normalized spacial score (nSPS) is 13.1. The van der Waals surface area contributed by atoms with E-state index in [9.17, 15) is 20.2 Å². The average molecular weight is 426 g/mol. The van der Waals surface area contributed by atoms with E-state index in [2.05, 4.69) is 29.6 Å². The molecule has 1 heterocycles. The third kappa shape index (κ3) is 4.60. The highest BCUT2D eigenvalue weighted by Crippen LogP contribution is 2.27. The minimum Gasteiger partial charge on any atom is -0.380 e. The summed E-state index contributed by atoms with van der Waals surface area (Å²) in [6, 6.07) is 22.4. The number of nitrogens with zero attached hydrogens (tertiary/aromatic N) is 3. The van der Waals surface area contributed by atoms with Crippen LogP contribution in [0.3, 0.4) is 0 Å². The quantitative estimate of drug-likeness (QED) is 0.429. The van der Waals surface area contributed by atoms with Crippen LogP contribution in [0, 0.1) is 21.4 Å². The Morgan fingerprint density at radius 3 is 2.56 bits per heavy atom. The van der Waals surface area contributed by atoms with Crippen LogP contribution in [0.5, 0.6) is 0 Å². The van der Waals surface area contributed by atoms with Crippen molar-refractivity contribution >= 4 is 17.3 Å². The van der Waals surface area contributed by atoms with Gasteiger partial charge >= 0.3 is 0 Å². The predicted molar refractivity (Wildman–Crippen MR) is 122 cm³/mol. The number of carbonyl (C=O) groups is 1. The van der Waals surface area contributed by atoms with E-state index in [1.165, 1.54) is 12.1 Å². The summed E-state index contributed by atoms with van der Waals surface area (Å²) in [5.41, 5.74) is 4.94. The number of anilines is 1. The molecule has 0 saturated carbocycles. The second-order valence-electron chi connectivity index (χ2n) is 7.73. The molecular formula is C25H22N4O3. The van der Waals surface area contributed by atoms with Crippen LogP contribution in [-0.2, 0) is 17.9 Å². The molecule has 0 unspecified atom stereocenters. The number of nitrogens with one attached hydrogen (secondary N) is 1. The number of likely N-dealkylation sites (tertiary alicyclic amines) is 1. The van der Waals surface area contributed by atoms with Crippen molar-refractivity contribution < 1.29 is 9.72 Å². The van der Waals surface area contributed by atoms with Crippen LogP contribution in [0.4, 0.5) is 11.4 Å². The van der Waals surface area contributed by atoms with Gasteiger partial charge in [-0.15, -0.1) is 0 Å². The number of nitriles is 1. The van der Waals surface area contributed by atoms with Gasteiger partial charge in [0.25, 0.3) is 5.69 Å². The fraction of sp³-hybridized carbons (Fsp3) is 0.200. The number of rotatable bonds is 7. The van der Waals surface area contributed by atoms with Crippen molar-refractivity contribution in [1.29, 1.82) is 5.26 Å². The molecule has 7 heteroatoms. The van der Waals surface area contributed by atoms with E-state index in [1.54, 1.807) is 6.07 Å². The van der Waals surface area contributed by atoms with Crippen LogP contribution in [0.1, 0.15) is 29.5 Å². The van der Waals surface area contributed by atoms with Crippen molar-refractivity contribution in [2.45, 2.75) is 25.9 Å². The number of carbonyl (C=O) groups excluding carboxylic acids is 1. The zero-order valence-electron chi connectivity index (χ0n) is 17.5. The van der Waals surface area contributed by atoms with Gasteiger partial charge in [0.05, 0.1) is 16.2 Å². The molecule has 3 aromatic rings. The Bertz CT molecular complexity index is 1200. The Kier molecular flexibility index (Phi) is 6.13. The summed E-state index contributed by atoms with van der Waals surface area (Å²) in [6.45, 7) is 1.93. The fourth-order valence-electron chi connectivity index (χ4n) is 3.92. The number of hydrogen-bond donors (Lipinski definition) is 1. The molecule has 0 spiro atoms. The molecule has 1 aliphatic heterocycles. The van der Waals surface area contributed by atoms with Crippen LogP contribution >= 0.6 is 0 Å². The molecule has 0 atom stereocenters. The van der Waals surface area contributed by atoms with E-state index in [1.807, 2.05) is 35.2 Å². The Morgan fingerprint density at radius 2 is 1.88 bits per heavy atom. The van der Waals surface area contributed by atoms with Crippen LogP contribution in [-0.4, -0.2) is 22.3 Å². The summed E-state index contributed by atoms with van der Waals surface area (Å²) in [5.74, 6) is 0.216. The van der Waals surface area contributed by atoms with Gasteiger partial charge in [-0.05, 0) is 34.7 Å². The van der Waals surface area contributed by atoms with Gasteiger partial charge < -0.3 is 10.2 Å². The Hall–Kier alpha value is -4.18. The molecule has 160 valence electrons. The summed E-state index contributed by atoms with van der Waals surface area (Å²) >= 11 is 0. The maximum atomic E-state index is 11.9. The number of nitro benzene ring substituents is 1. The Morgan fingerprint density at radius 1 is 1.09 bits per heavy atom. The van der Waals surface area contributed by atoms with Gasteiger partial charge in [0.1, 0.15) is 6.07 Å². The number of nitro groups is 1. The van der Waals surface area contributed by atoms with Crippen LogP contribution < -0.4 is 5.32 Å². The van der Waals surface area contributed by atoms with E-state index in [0.29, 0.717) is 25.2 Å². The molecule has 1 N–H and O–H groups in total. The van der Waals surface area contributed by atoms with E-state index >= 15 is 0 Å². The standard InChI is InChI=1S/C25H22N4O3/c26-15-21-14-22(29(31)32)11-12-24(21)27-16-20-4-1-2-5-23(20)19-9-7-18(8-10-19)17-28-13-3-6-25(28)30/h1-2,4-5,7-12,14,27H,3,6,13,16-17H2. The van der Waals surface area contributed by atoms with Gasteiger partial charge in [0.15, 0.2) is 0 Å². The first-order chi connectivity index (χ1) is 15.5. The lowest BCUT2D eigenvalue weighted by molar-refractivity contribution is -0.384. The molecule has 7 nitrogen and oxygen atoms in total. The lowest BCUT2D eigenvalue weighted by Crippen LogP contribution is -2.23. The van der Waals surface area contributed by atoms with E-state index < -0.39 is 4.92 Å². The van der Waals surface area contributed by atoms with E-state index in [4.69, 9.17) is 0 Å². The highest BCUT2D eigenvalue weighted by atomic mass is 16.6. The van der Waals surface area contributed by atoms with Gasteiger partial charge in [0.2, 0.25) is 5.91 Å². The maximum absolute atomic E-state index is 11.9. The first-order valence-electron chi connectivity index (χ1n) is 10.4. The molecule has 1 amide bonds. The molecule has 0 aromatic heterocycles. The average Bonchev–Trinajstić information content (AvgIpc) is 3.22. The number of non-ortho nitro benzene ring substituents is 1. The van der Waals surface area contributed by atoms with E-state index in [0.717, 1.165) is 35.2 Å². The zero-order valence-corrected chi connectivity index (χ0v) is 17.5. The minimum atomic E-state index is -0.511. The van der Waals surface area contributed by atoms with Crippen molar-refractivity contribution in [2.24, 2.45) is 0 Å². The first-order valence-corrected chi connectivity index (χ1v) is 10.4. The largest absolute Gasteiger partial charge is 0.380 e. The van der Waals surface area contributed by atoms with Crippen molar-refractivity contribution in [3.05, 3.63) is 93.5 Å². The molecule has 0 aliphatic carbocycles. The molecule has 4 rings (SSSR count). The smallest absolute Gasteiger partial charge is 0.270 e. The van der Waals surface area contributed by atoms with Crippen molar-refractivity contribution in [2.75, 3.05) is 11.9 Å². The Balaban J connectivity index is 1.50. The summed E-state index contributed by atoms with van der Waals surface area (Å²) < 4.78 is 0. The Labute approximate surface area is 186 Å². The van der Waals surface area contributed by atoms with Crippen LogP contribution in [0.2, 0.25) is 0 Å². The van der Waals surface area contributed by atoms with Gasteiger partial charge in [-0.2, -0.15) is 5.26 Å². The molecule has 3 aromatic carbocycles. The summed E-state index contributed by atoms with van der Waals surface area (Å²) in [5, 5.41) is 23.5. The lowest BCUT2D eigenvalue weighted by Gasteiger charge is -2.16. The number of hydrogen-bond acceptors (Lipinski definition) is 5. The van der Waals surface area contributed by atoms with Crippen LogP contribution in [0.15, 0.2) is 66.7 Å². The van der Waals surface area contributed by atoms with E-state index in [-0.39, 0.29) is 17.2 Å². The predicted octanol–water partition coefficient (Wildman–Crippen LogP) is 4.87. The molecule has 32 heavy (non-hydrogen) atoms. The van der Waals surface area contributed by atoms with Crippen molar-refractivity contribution in [3.8, 4) is 17.2 Å². The van der Waals surface area contributed by atoms with Crippen molar-refractivity contribution in [1.82, 2.24) is 4.90 Å². The molecule has 1 aliphatic rings. The highest BCUT2D eigenvalue weighted by molar-refractivity contribution is 5.78. The minimum absolute atomic E-state index is 0.108. The molecule has 1 saturated heterocycles. The maximum Gasteiger partial charge on any atom is 0.270 e. The molecule has 0 radical (unpaired) electrons. The molecule has 1 fully saturated rings. The summed E-state index contributed by atoms with van der Waals surface area (Å²) in [7, 11) is 0. The SMILES string of the molecule is N#Cc1cc([N+](=O)[O-])ccc1NCc1ccccc1-c1ccc(CN2CCCC2=O)cc1. The summed E-state index contributed by atoms with van der Waals surface area (Å²) in [6.07, 6.45) is 1.57. The number of amides is 1. The molecule has 0 bridgehead atoms. The second kappa shape index (κ2) is 9.31. The summed E-state index contributed by atoms with van der Waals surface area (Å²) in [4.78, 5) is 24.2. The van der Waals surface area contributed by atoms with Crippen LogP contribution in [0.25, 0.3) is 11.1 Å². The van der Waals surface area contributed by atoms with Gasteiger partial charge in [-0.1, -0.05) is 48.5 Å². The topological polar surface area (TPSA) is 99.3 Å². The monoisotopic (exact) mass is 426 g/mol. The second-order valence-corrected chi connectivity index (χ2v) is 7.73. The van der Waals surface area contributed by atoms with Crippen molar-refractivity contribution in [3.63, 3.8) is 0 Å². The van der Waals surface area contributed by atoms with Gasteiger partial charge in [-0.25, -0.2) is 0 Å². The van der Waals surface area contributed by atoms with Gasteiger partial charge in [-0.3, -0.25) is 14.9 Å². The third-order valence-corrected chi connectivity index (χ3v) is 5.63. The first kappa shape index (κ1) is 21.1.